The van der Waals surface area contributed by atoms with E-state index >= 15 is 0 Å². The number of anilines is 1. The highest BCUT2D eigenvalue weighted by molar-refractivity contribution is 7.20. The van der Waals surface area contributed by atoms with Gasteiger partial charge < -0.3 is 5.73 Å². The Balaban J connectivity index is 2.21. The van der Waals surface area contributed by atoms with Gasteiger partial charge in [-0.1, -0.05) is 11.3 Å². The molecule has 0 fully saturated rings. The molecule has 4 nitrogen and oxygen atoms in total. The fourth-order valence-corrected chi connectivity index (χ4v) is 2.61. The molecule has 0 aliphatic carbocycles. The first kappa shape index (κ1) is 10.2. The summed E-state index contributed by atoms with van der Waals surface area (Å²) in [5.74, 6) is 0.263. The molecule has 0 aliphatic heterocycles. The maximum Gasteiger partial charge on any atom is 0.213 e. The molecule has 0 amide bonds. The highest BCUT2D eigenvalue weighted by Crippen LogP contribution is 2.26. The lowest BCUT2D eigenvalue weighted by atomic mass is 10.3. The number of aryl methyl sites for hydroxylation is 1. The minimum absolute atomic E-state index is 0.266. The van der Waals surface area contributed by atoms with Gasteiger partial charge in [-0.25, -0.2) is 9.37 Å². The second kappa shape index (κ2) is 3.53. The molecule has 0 aliphatic rings. The van der Waals surface area contributed by atoms with Crippen LogP contribution in [0.4, 0.5) is 10.2 Å². The lowest BCUT2D eigenvalue weighted by Gasteiger charge is -1.96. The molecule has 0 bridgehead atoms. The summed E-state index contributed by atoms with van der Waals surface area (Å²) in [4.78, 5) is 4.37. The number of benzene rings is 1. The average molecular weight is 248 g/mol. The van der Waals surface area contributed by atoms with E-state index in [2.05, 4.69) is 10.1 Å². The van der Waals surface area contributed by atoms with Crippen molar-refractivity contribution in [3.05, 3.63) is 35.8 Å². The number of nitrogens with two attached hydrogens (primary N) is 1. The van der Waals surface area contributed by atoms with Crippen LogP contribution in [-0.2, 0) is 0 Å². The van der Waals surface area contributed by atoms with Crippen molar-refractivity contribution in [2.75, 3.05) is 5.73 Å². The molecular weight excluding hydrogens is 239 g/mol. The first-order valence-electron chi connectivity index (χ1n) is 5.02. The summed E-state index contributed by atoms with van der Waals surface area (Å²) < 4.78 is 15.4. The number of nitrogens with zero attached hydrogens (tertiary/aromatic N) is 3. The Bertz CT molecular complexity index is 701. The fourth-order valence-electron chi connectivity index (χ4n) is 1.65. The lowest BCUT2D eigenvalue weighted by Crippen LogP contribution is -2.00. The van der Waals surface area contributed by atoms with Crippen molar-refractivity contribution in [1.29, 1.82) is 0 Å². The number of halogens is 1. The van der Waals surface area contributed by atoms with E-state index in [0.29, 0.717) is 10.9 Å². The Labute approximate surface area is 101 Å². The maximum atomic E-state index is 13.1. The molecule has 0 spiro atoms. The van der Waals surface area contributed by atoms with Crippen LogP contribution in [-0.4, -0.2) is 14.8 Å². The molecule has 2 heterocycles. The van der Waals surface area contributed by atoms with Gasteiger partial charge in [0.2, 0.25) is 5.13 Å². The summed E-state index contributed by atoms with van der Waals surface area (Å²) in [6.45, 7) is 1.86. The molecule has 2 aromatic heterocycles. The van der Waals surface area contributed by atoms with Crippen molar-refractivity contribution in [2.45, 2.75) is 6.92 Å². The Morgan fingerprint density at radius 3 is 2.88 bits per heavy atom. The second-order valence-electron chi connectivity index (χ2n) is 3.73. The largest absolute Gasteiger partial charge is 0.383 e. The zero-order valence-corrected chi connectivity index (χ0v) is 9.83. The molecule has 6 heteroatoms. The van der Waals surface area contributed by atoms with Gasteiger partial charge in [-0.15, -0.1) is 0 Å². The van der Waals surface area contributed by atoms with E-state index in [-0.39, 0.29) is 5.82 Å². The van der Waals surface area contributed by atoms with Crippen LogP contribution in [0.2, 0.25) is 0 Å². The van der Waals surface area contributed by atoms with Crippen molar-refractivity contribution in [3.63, 3.8) is 0 Å². The molecular formula is C11H9FN4S. The number of hydrogen-bond donors (Lipinski definition) is 1. The van der Waals surface area contributed by atoms with Crippen LogP contribution in [0.3, 0.4) is 0 Å². The van der Waals surface area contributed by atoms with Crippen LogP contribution in [0, 0.1) is 12.7 Å². The zero-order valence-electron chi connectivity index (χ0n) is 9.01. The second-order valence-corrected chi connectivity index (χ2v) is 4.74. The predicted molar refractivity (Wildman–Crippen MR) is 65.8 cm³/mol. The number of rotatable bonds is 1. The molecule has 86 valence electrons. The summed E-state index contributed by atoms with van der Waals surface area (Å²) in [5.41, 5.74) is 7.39. The van der Waals surface area contributed by atoms with Gasteiger partial charge in [-0.2, -0.15) is 9.78 Å². The van der Waals surface area contributed by atoms with Crippen LogP contribution in [0.25, 0.3) is 15.3 Å². The molecule has 0 atom stereocenters. The van der Waals surface area contributed by atoms with Crippen LogP contribution < -0.4 is 5.73 Å². The fraction of sp³-hybridized carbons (Fsp3) is 0.0909. The van der Waals surface area contributed by atoms with Crippen LogP contribution >= 0.6 is 11.3 Å². The van der Waals surface area contributed by atoms with Crippen molar-refractivity contribution in [2.24, 2.45) is 0 Å². The van der Waals surface area contributed by atoms with Gasteiger partial charge in [-0.3, -0.25) is 0 Å². The van der Waals surface area contributed by atoms with E-state index in [0.717, 1.165) is 15.9 Å². The molecule has 0 saturated carbocycles. The van der Waals surface area contributed by atoms with Crippen molar-refractivity contribution >= 4 is 27.4 Å². The third-order valence-corrected chi connectivity index (χ3v) is 3.37. The molecule has 17 heavy (non-hydrogen) atoms. The topological polar surface area (TPSA) is 56.7 Å². The summed E-state index contributed by atoms with van der Waals surface area (Å²) >= 11 is 1.36. The molecule has 1 aromatic carbocycles. The third-order valence-electron chi connectivity index (χ3n) is 2.38. The molecule has 0 saturated heterocycles. The number of fused-ring (bicyclic) bond motifs is 1. The van der Waals surface area contributed by atoms with Crippen LogP contribution in [0.1, 0.15) is 5.69 Å². The van der Waals surface area contributed by atoms with Gasteiger partial charge in [0, 0.05) is 6.07 Å². The van der Waals surface area contributed by atoms with E-state index < -0.39 is 0 Å². The standard InChI is InChI=1S/C11H9FN4S/c1-6-4-10(13)16(15-6)11-14-8-3-2-7(12)5-9(8)17-11/h2-5H,13H2,1H3. The SMILES string of the molecule is Cc1cc(N)n(-c2nc3ccc(F)cc3s2)n1. The minimum Gasteiger partial charge on any atom is -0.383 e. The number of aromatic nitrogens is 3. The Kier molecular flexibility index (Phi) is 2.12. The maximum absolute atomic E-state index is 13.1. The normalized spacial score (nSPS) is 11.2. The number of hydrogen-bond acceptors (Lipinski definition) is 4. The molecule has 0 unspecified atom stereocenters. The Hall–Kier alpha value is -1.95. The van der Waals surface area contributed by atoms with Crippen molar-refractivity contribution in [1.82, 2.24) is 14.8 Å². The number of thiazole rings is 1. The van der Waals surface area contributed by atoms with Gasteiger partial charge in [0.15, 0.2) is 0 Å². The Morgan fingerprint density at radius 1 is 1.35 bits per heavy atom. The smallest absolute Gasteiger partial charge is 0.213 e. The van der Waals surface area contributed by atoms with E-state index in [1.807, 2.05) is 6.92 Å². The molecule has 0 radical (unpaired) electrons. The van der Waals surface area contributed by atoms with Crippen LogP contribution in [0.15, 0.2) is 24.3 Å². The predicted octanol–water partition coefficient (Wildman–Crippen LogP) is 2.51. The first-order chi connectivity index (χ1) is 8.13. The van der Waals surface area contributed by atoms with Gasteiger partial charge in [0.05, 0.1) is 15.9 Å². The first-order valence-corrected chi connectivity index (χ1v) is 5.84. The minimum atomic E-state index is -0.266. The van der Waals surface area contributed by atoms with E-state index in [1.54, 1.807) is 16.8 Å². The highest BCUT2D eigenvalue weighted by Gasteiger charge is 2.10. The van der Waals surface area contributed by atoms with Gasteiger partial charge in [0.25, 0.3) is 0 Å². The van der Waals surface area contributed by atoms with Gasteiger partial charge >= 0.3 is 0 Å². The highest BCUT2D eigenvalue weighted by atomic mass is 32.1. The van der Waals surface area contributed by atoms with Gasteiger partial charge in [-0.05, 0) is 25.1 Å². The summed E-state index contributed by atoms with van der Waals surface area (Å²) in [7, 11) is 0. The Morgan fingerprint density at radius 2 is 2.18 bits per heavy atom. The summed E-state index contributed by atoms with van der Waals surface area (Å²) in [6, 6.07) is 6.27. The van der Waals surface area contributed by atoms with E-state index in [1.165, 1.54) is 23.5 Å². The summed E-state index contributed by atoms with van der Waals surface area (Å²) in [6.07, 6.45) is 0. The van der Waals surface area contributed by atoms with Gasteiger partial charge in [0.1, 0.15) is 11.6 Å². The quantitative estimate of drug-likeness (QED) is 0.720. The molecule has 3 aromatic rings. The van der Waals surface area contributed by atoms with Crippen molar-refractivity contribution < 1.29 is 4.39 Å². The molecule has 3 rings (SSSR count). The zero-order chi connectivity index (χ0) is 12.0. The summed E-state index contributed by atoms with van der Waals surface area (Å²) in [5, 5.41) is 4.89. The third kappa shape index (κ3) is 1.66. The van der Waals surface area contributed by atoms with E-state index in [4.69, 9.17) is 5.73 Å². The van der Waals surface area contributed by atoms with E-state index in [9.17, 15) is 4.39 Å². The van der Waals surface area contributed by atoms with Crippen LogP contribution in [0.5, 0.6) is 0 Å². The average Bonchev–Trinajstić information content (AvgIpc) is 2.80. The monoisotopic (exact) mass is 248 g/mol. The number of nitrogen functional groups attached to an aromatic ring is 1. The van der Waals surface area contributed by atoms with Crippen molar-refractivity contribution in [3.8, 4) is 5.13 Å². The lowest BCUT2D eigenvalue weighted by molar-refractivity contribution is 0.630. The molecule has 2 N–H and O–H groups in total.